The maximum absolute atomic E-state index is 9.50. The fourth-order valence-corrected chi connectivity index (χ4v) is 2.93. The highest BCUT2D eigenvalue weighted by Crippen LogP contribution is 2.40. The van der Waals surface area contributed by atoms with E-state index in [0.717, 1.165) is 25.7 Å². The number of aromatic nitrogens is 2. The molecule has 1 saturated heterocycles. The van der Waals surface area contributed by atoms with Gasteiger partial charge in [0.15, 0.2) is 0 Å². The quantitative estimate of drug-likeness (QED) is 0.832. The van der Waals surface area contributed by atoms with Gasteiger partial charge in [0.1, 0.15) is 5.60 Å². The topological polar surface area (TPSA) is 80.4 Å². The minimum absolute atomic E-state index is 0.0310. The van der Waals surface area contributed by atoms with Crippen molar-refractivity contribution in [2.24, 2.45) is 0 Å². The molecule has 1 aromatic heterocycles. The van der Waals surface area contributed by atoms with Gasteiger partial charge in [-0.15, -0.1) is 0 Å². The van der Waals surface area contributed by atoms with Crippen molar-refractivity contribution in [1.29, 1.82) is 0 Å². The summed E-state index contributed by atoms with van der Waals surface area (Å²) in [5.74, 6) is 1.21. The molecular formula is C12H19N3O3. The number of rotatable bonds is 3. The van der Waals surface area contributed by atoms with Crippen LogP contribution in [-0.4, -0.2) is 35.0 Å². The first-order valence-electron chi connectivity index (χ1n) is 6.54. The number of hydrogen-bond acceptors (Lipinski definition) is 6. The van der Waals surface area contributed by atoms with Gasteiger partial charge in [-0.05, 0) is 32.1 Å². The van der Waals surface area contributed by atoms with Crippen LogP contribution < -0.4 is 5.32 Å². The lowest BCUT2D eigenvalue weighted by atomic mass is 10.0. The fraction of sp³-hybridized carbons (Fsp3) is 0.833. The molecule has 100 valence electrons. The molecule has 2 heterocycles. The summed E-state index contributed by atoms with van der Waals surface area (Å²) in [4.78, 5) is 4.48. The summed E-state index contributed by atoms with van der Waals surface area (Å²) in [6.45, 7) is 0.581. The van der Waals surface area contributed by atoms with Crippen LogP contribution in [0.3, 0.4) is 0 Å². The smallest absolute Gasteiger partial charge is 0.243 e. The molecule has 3 rings (SSSR count). The monoisotopic (exact) mass is 253 g/mol. The minimum atomic E-state index is -0.362. The second-order valence-corrected chi connectivity index (χ2v) is 5.21. The molecule has 1 aliphatic heterocycles. The largest absolute Gasteiger partial charge is 0.392 e. The van der Waals surface area contributed by atoms with Crippen molar-refractivity contribution in [1.82, 2.24) is 15.5 Å². The third-order valence-corrected chi connectivity index (χ3v) is 4.06. The van der Waals surface area contributed by atoms with Gasteiger partial charge >= 0.3 is 0 Å². The summed E-state index contributed by atoms with van der Waals surface area (Å²) in [6.07, 6.45) is 4.47. The van der Waals surface area contributed by atoms with Crippen LogP contribution in [0.15, 0.2) is 4.52 Å². The molecular weight excluding hydrogens is 234 g/mol. The Kier molecular flexibility index (Phi) is 3.09. The van der Waals surface area contributed by atoms with Crippen LogP contribution in [0.5, 0.6) is 0 Å². The Hall–Kier alpha value is -0.980. The van der Waals surface area contributed by atoms with Crippen LogP contribution in [0.25, 0.3) is 0 Å². The molecule has 0 amide bonds. The fourth-order valence-electron chi connectivity index (χ4n) is 2.93. The Morgan fingerprint density at radius 3 is 2.83 bits per heavy atom. The molecule has 2 N–H and O–H groups in total. The van der Waals surface area contributed by atoms with Gasteiger partial charge in [-0.3, -0.25) is 0 Å². The Morgan fingerprint density at radius 1 is 1.44 bits per heavy atom. The number of methoxy groups -OCH3 is 1. The van der Waals surface area contributed by atoms with Gasteiger partial charge in [0.2, 0.25) is 11.7 Å². The number of aliphatic hydroxyl groups excluding tert-OH is 1. The summed E-state index contributed by atoms with van der Waals surface area (Å²) in [5, 5.41) is 16.7. The van der Waals surface area contributed by atoms with E-state index in [2.05, 4.69) is 15.5 Å². The highest BCUT2D eigenvalue weighted by Gasteiger charge is 2.41. The number of nitrogens with one attached hydrogen (secondary N) is 1. The second-order valence-electron chi connectivity index (χ2n) is 5.21. The average Bonchev–Trinajstić information content (AvgIpc) is 3.08. The molecule has 2 fully saturated rings. The van der Waals surface area contributed by atoms with Crippen LogP contribution in [0, 0.1) is 0 Å². The third kappa shape index (κ3) is 1.94. The van der Waals surface area contributed by atoms with Crippen molar-refractivity contribution in [2.45, 2.75) is 49.9 Å². The van der Waals surface area contributed by atoms with Crippen molar-refractivity contribution >= 4 is 0 Å². The molecule has 0 spiro atoms. The molecule has 0 unspecified atom stereocenters. The van der Waals surface area contributed by atoms with E-state index in [9.17, 15) is 5.11 Å². The molecule has 18 heavy (non-hydrogen) atoms. The molecule has 2 aliphatic rings. The highest BCUT2D eigenvalue weighted by atomic mass is 16.5. The predicted octanol–water partition coefficient (Wildman–Crippen LogP) is 0.881. The van der Waals surface area contributed by atoms with E-state index in [-0.39, 0.29) is 17.7 Å². The number of ether oxygens (including phenoxy) is 1. The second kappa shape index (κ2) is 4.60. The summed E-state index contributed by atoms with van der Waals surface area (Å²) in [5.41, 5.74) is -0.362. The zero-order valence-corrected chi connectivity index (χ0v) is 10.6. The van der Waals surface area contributed by atoms with E-state index in [1.54, 1.807) is 7.11 Å². The third-order valence-electron chi connectivity index (χ3n) is 4.06. The van der Waals surface area contributed by atoms with E-state index in [1.807, 2.05) is 0 Å². The minimum Gasteiger partial charge on any atom is -0.392 e. The maximum atomic E-state index is 9.50. The van der Waals surface area contributed by atoms with E-state index >= 15 is 0 Å². The lowest BCUT2D eigenvalue weighted by Gasteiger charge is -2.22. The summed E-state index contributed by atoms with van der Waals surface area (Å²) in [7, 11) is 1.71. The number of β-amino-alcohol motifs (C(OH)–C–C–N with tert-alkyl or cyclic N) is 1. The zero-order valence-electron chi connectivity index (χ0n) is 10.6. The summed E-state index contributed by atoms with van der Waals surface area (Å²) < 4.78 is 10.9. The molecule has 1 saturated carbocycles. The maximum Gasteiger partial charge on any atom is 0.243 e. The van der Waals surface area contributed by atoms with E-state index < -0.39 is 0 Å². The Bertz CT molecular complexity index is 414. The number of aliphatic hydroxyl groups is 1. The van der Waals surface area contributed by atoms with Crippen molar-refractivity contribution in [3.8, 4) is 0 Å². The van der Waals surface area contributed by atoms with Crippen LogP contribution >= 0.6 is 0 Å². The molecule has 0 aromatic carbocycles. The van der Waals surface area contributed by atoms with Gasteiger partial charge in [0.05, 0.1) is 12.1 Å². The van der Waals surface area contributed by atoms with Crippen LogP contribution in [0.4, 0.5) is 0 Å². The Labute approximate surface area is 106 Å². The molecule has 1 aliphatic carbocycles. The first kappa shape index (κ1) is 12.1. The number of nitrogens with zero attached hydrogens (tertiary/aromatic N) is 2. The lowest BCUT2D eigenvalue weighted by Crippen LogP contribution is -2.26. The van der Waals surface area contributed by atoms with E-state index in [0.29, 0.717) is 24.7 Å². The van der Waals surface area contributed by atoms with Crippen molar-refractivity contribution in [3.05, 3.63) is 11.7 Å². The Balaban J connectivity index is 1.80. The van der Waals surface area contributed by atoms with E-state index in [4.69, 9.17) is 9.26 Å². The Morgan fingerprint density at radius 2 is 2.22 bits per heavy atom. The first-order valence-corrected chi connectivity index (χ1v) is 6.54. The van der Waals surface area contributed by atoms with Gasteiger partial charge < -0.3 is 19.7 Å². The van der Waals surface area contributed by atoms with Gasteiger partial charge in [-0.2, -0.15) is 4.98 Å². The zero-order chi connectivity index (χ0) is 12.6. The van der Waals surface area contributed by atoms with Gasteiger partial charge in [-0.1, -0.05) is 5.16 Å². The molecule has 0 radical (unpaired) electrons. The van der Waals surface area contributed by atoms with E-state index in [1.165, 1.54) is 0 Å². The standard InChI is InChI=1S/C12H19N3O3/c1-17-12(4-2-3-5-12)11-14-10(18-15-11)9-6-8(16)7-13-9/h8-9,13,16H,2-7H2,1H3/t8-,9-/m1/s1. The van der Waals surface area contributed by atoms with Gasteiger partial charge in [0.25, 0.3) is 0 Å². The van der Waals surface area contributed by atoms with Crippen molar-refractivity contribution in [2.75, 3.05) is 13.7 Å². The van der Waals surface area contributed by atoms with Gasteiger partial charge in [0, 0.05) is 13.7 Å². The number of hydrogen-bond donors (Lipinski definition) is 2. The normalized spacial score (nSPS) is 31.0. The average molecular weight is 253 g/mol. The molecule has 1 aromatic rings. The van der Waals surface area contributed by atoms with Crippen molar-refractivity contribution in [3.63, 3.8) is 0 Å². The van der Waals surface area contributed by atoms with Gasteiger partial charge in [-0.25, -0.2) is 0 Å². The predicted molar refractivity (Wildman–Crippen MR) is 62.8 cm³/mol. The van der Waals surface area contributed by atoms with Crippen LogP contribution in [-0.2, 0) is 10.3 Å². The summed E-state index contributed by atoms with van der Waals surface area (Å²) >= 11 is 0. The lowest BCUT2D eigenvalue weighted by molar-refractivity contribution is -0.0178. The molecule has 2 atom stereocenters. The highest BCUT2D eigenvalue weighted by molar-refractivity contribution is 5.06. The SMILES string of the molecule is COC1(c2noc([C@H]3C[C@@H](O)CN3)n2)CCCC1. The van der Waals surface area contributed by atoms with Crippen LogP contribution in [0.2, 0.25) is 0 Å². The summed E-state index contributed by atoms with van der Waals surface area (Å²) in [6, 6.07) is -0.0310. The van der Waals surface area contributed by atoms with Crippen LogP contribution in [0.1, 0.15) is 49.9 Å². The molecule has 0 bridgehead atoms. The van der Waals surface area contributed by atoms with Crippen molar-refractivity contribution < 1.29 is 14.4 Å². The first-order chi connectivity index (χ1) is 8.73. The molecule has 6 nitrogen and oxygen atoms in total. The molecule has 6 heteroatoms.